The van der Waals surface area contributed by atoms with E-state index in [9.17, 15) is 14.4 Å². The van der Waals surface area contributed by atoms with Gasteiger partial charge in [-0.25, -0.2) is 0 Å². The smallest absolute Gasteiger partial charge is 0.253 e. The molecule has 0 saturated carbocycles. The van der Waals surface area contributed by atoms with Crippen LogP contribution in [-0.2, 0) is 16.1 Å². The molecule has 0 aliphatic carbocycles. The fourth-order valence-corrected chi connectivity index (χ4v) is 2.59. The fourth-order valence-electron chi connectivity index (χ4n) is 2.59. The van der Waals surface area contributed by atoms with Gasteiger partial charge in [-0.05, 0) is 31.9 Å². The van der Waals surface area contributed by atoms with Gasteiger partial charge in [-0.2, -0.15) is 0 Å². The third-order valence-corrected chi connectivity index (χ3v) is 3.96. The summed E-state index contributed by atoms with van der Waals surface area (Å²) in [4.78, 5) is 40.0. The molecule has 1 aliphatic heterocycles. The van der Waals surface area contributed by atoms with Gasteiger partial charge in [0.15, 0.2) is 0 Å². The van der Waals surface area contributed by atoms with Crippen molar-refractivity contribution in [3.8, 4) is 0 Å². The number of rotatable bonds is 3. The molecule has 1 aromatic heterocycles. The SMILES string of the molecule is Cc1cc(C)c(CNC(=O)C2CCN(C)C(=O)C2)c(=O)[nH]1. The maximum atomic E-state index is 12.1. The first-order valence-corrected chi connectivity index (χ1v) is 7.09. The molecule has 6 heteroatoms. The van der Waals surface area contributed by atoms with Crippen molar-refractivity contribution in [3.63, 3.8) is 0 Å². The molecule has 1 aliphatic rings. The molecule has 1 fully saturated rings. The number of likely N-dealkylation sites (tertiary alicyclic amines) is 1. The second-order valence-corrected chi connectivity index (χ2v) is 5.67. The van der Waals surface area contributed by atoms with Gasteiger partial charge in [0, 0.05) is 43.7 Å². The number of piperidine rings is 1. The lowest BCUT2D eigenvalue weighted by atomic mass is 9.95. The molecule has 1 saturated heterocycles. The van der Waals surface area contributed by atoms with E-state index in [0.717, 1.165) is 11.3 Å². The predicted molar refractivity (Wildman–Crippen MR) is 78.7 cm³/mol. The molecule has 0 radical (unpaired) electrons. The molecule has 2 heterocycles. The highest BCUT2D eigenvalue weighted by Gasteiger charge is 2.28. The van der Waals surface area contributed by atoms with E-state index in [-0.39, 0.29) is 36.3 Å². The molecule has 0 spiro atoms. The maximum Gasteiger partial charge on any atom is 0.253 e. The minimum atomic E-state index is -0.293. The number of aryl methyl sites for hydroxylation is 2. The second-order valence-electron chi connectivity index (χ2n) is 5.67. The van der Waals surface area contributed by atoms with Crippen molar-refractivity contribution in [1.82, 2.24) is 15.2 Å². The highest BCUT2D eigenvalue weighted by atomic mass is 16.2. The van der Waals surface area contributed by atoms with Crippen molar-refractivity contribution >= 4 is 11.8 Å². The first kappa shape index (κ1) is 15.3. The number of hydrogen-bond acceptors (Lipinski definition) is 3. The lowest BCUT2D eigenvalue weighted by molar-refractivity contribution is -0.139. The highest BCUT2D eigenvalue weighted by Crippen LogP contribution is 2.17. The van der Waals surface area contributed by atoms with Crippen LogP contribution in [0.4, 0.5) is 0 Å². The Hall–Kier alpha value is -2.11. The molecule has 21 heavy (non-hydrogen) atoms. The number of carbonyl (C=O) groups is 2. The first-order chi connectivity index (χ1) is 9.88. The Morgan fingerprint density at radius 2 is 2.14 bits per heavy atom. The number of amides is 2. The standard InChI is InChI=1S/C15H21N3O3/c1-9-6-10(2)17-15(21)12(9)8-16-14(20)11-4-5-18(3)13(19)7-11/h6,11H,4-5,7-8H2,1-3H3,(H,16,20)(H,17,21). The van der Waals surface area contributed by atoms with E-state index in [4.69, 9.17) is 0 Å². The van der Waals surface area contributed by atoms with E-state index < -0.39 is 0 Å². The van der Waals surface area contributed by atoms with E-state index in [0.29, 0.717) is 18.5 Å². The van der Waals surface area contributed by atoms with Gasteiger partial charge in [-0.15, -0.1) is 0 Å². The molecular formula is C15H21N3O3. The van der Waals surface area contributed by atoms with Crippen LogP contribution in [0.25, 0.3) is 0 Å². The third kappa shape index (κ3) is 3.51. The number of aromatic amines is 1. The molecule has 1 aromatic rings. The number of nitrogens with one attached hydrogen (secondary N) is 2. The van der Waals surface area contributed by atoms with E-state index in [1.807, 2.05) is 19.9 Å². The third-order valence-electron chi connectivity index (χ3n) is 3.96. The molecule has 6 nitrogen and oxygen atoms in total. The van der Waals surface area contributed by atoms with Crippen molar-refractivity contribution in [2.75, 3.05) is 13.6 Å². The highest BCUT2D eigenvalue weighted by molar-refractivity contribution is 5.86. The van der Waals surface area contributed by atoms with E-state index in [2.05, 4.69) is 10.3 Å². The minimum Gasteiger partial charge on any atom is -0.352 e. The van der Waals surface area contributed by atoms with Crippen molar-refractivity contribution in [1.29, 1.82) is 0 Å². The Morgan fingerprint density at radius 1 is 1.43 bits per heavy atom. The van der Waals surface area contributed by atoms with Gasteiger partial charge in [0.1, 0.15) is 0 Å². The van der Waals surface area contributed by atoms with Gasteiger partial charge in [-0.1, -0.05) is 0 Å². The zero-order valence-corrected chi connectivity index (χ0v) is 12.7. The average Bonchev–Trinajstić information content (AvgIpc) is 2.40. The second kappa shape index (κ2) is 6.11. The lowest BCUT2D eigenvalue weighted by Crippen LogP contribution is -2.42. The minimum absolute atomic E-state index is 0.00855. The first-order valence-electron chi connectivity index (χ1n) is 7.09. The summed E-state index contributed by atoms with van der Waals surface area (Å²) < 4.78 is 0. The summed E-state index contributed by atoms with van der Waals surface area (Å²) in [7, 11) is 1.74. The van der Waals surface area contributed by atoms with Gasteiger partial charge in [0.2, 0.25) is 11.8 Å². The Balaban J connectivity index is 1.99. The van der Waals surface area contributed by atoms with Crippen LogP contribution in [0.15, 0.2) is 10.9 Å². The molecule has 2 amide bonds. The fraction of sp³-hybridized carbons (Fsp3) is 0.533. The van der Waals surface area contributed by atoms with Gasteiger partial charge < -0.3 is 15.2 Å². The normalized spacial score (nSPS) is 18.7. The Labute approximate surface area is 123 Å². The van der Waals surface area contributed by atoms with Crippen LogP contribution in [-0.4, -0.2) is 35.3 Å². The zero-order valence-electron chi connectivity index (χ0n) is 12.7. The molecule has 2 N–H and O–H groups in total. The predicted octanol–water partition coefficient (Wildman–Crippen LogP) is 0.476. The summed E-state index contributed by atoms with van der Waals surface area (Å²) in [5.41, 5.74) is 2.05. The number of aromatic nitrogens is 1. The largest absolute Gasteiger partial charge is 0.352 e. The van der Waals surface area contributed by atoms with Crippen LogP contribution >= 0.6 is 0 Å². The van der Waals surface area contributed by atoms with Crippen molar-refractivity contribution in [2.24, 2.45) is 5.92 Å². The number of hydrogen-bond donors (Lipinski definition) is 2. The topological polar surface area (TPSA) is 82.3 Å². The number of pyridine rings is 1. The van der Waals surface area contributed by atoms with Crippen LogP contribution in [0, 0.1) is 19.8 Å². The van der Waals surface area contributed by atoms with Crippen LogP contribution < -0.4 is 10.9 Å². The van der Waals surface area contributed by atoms with E-state index in [1.54, 1.807) is 11.9 Å². The van der Waals surface area contributed by atoms with Crippen LogP contribution in [0.3, 0.4) is 0 Å². The summed E-state index contributed by atoms with van der Waals surface area (Å²) in [6, 6.07) is 1.88. The summed E-state index contributed by atoms with van der Waals surface area (Å²) in [6.07, 6.45) is 0.906. The molecule has 0 bridgehead atoms. The van der Waals surface area contributed by atoms with Crippen LogP contribution in [0.2, 0.25) is 0 Å². The molecule has 114 valence electrons. The van der Waals surface area contributed by atoms with E-state index in [1.165, 1.54) is 0 Å². The lowest BCUT2D eigenvalue weighted by Gasteiger charge is -2.27. The molecule has 2 rings (SSSR count). The number of H-pyrrole nitrogens is 1. The molecule has 1 unspecified atom stereocenters. The van der Waals surface area contributed by atoms with Gasteiger partial charge in [0.05, 0.1) is 0 Å². The Morgan fingerprint density at radius 3 is 2.76 bits per heavy atom. The van der Waals surface area contributed by atoms with Gasteiger partial charge in [0.25, 0.3) is 5.56 Å². The Bertz CT molecular complexity index is 621. The average molecular weight is 291 g/mol. The molecular weight excluding hydrogens is 270 g/mol. The zero-order chi connectivity index (χ0) is 15.6. The Kier molecular flexibility index (Phi) is 4.45. The maximum absolute atomic E-state index is 12.1. The number of carbonyl (C=O) groups excluding carboxylic acids is 2. The van der Waals surface area contributed by atoms with Crippen molar-refractivity contribution < 1.29 is 9.59 Å². The summed E-state index contributed by atoms with van der Waals surface area (Å²) >= 11 is 0. The van der Waals surface area contributed by atoms with Crippen molar-refractivity contribution in [3.05, 3.63) is 33.2 Å². The monoisotopic (exact) mass is 291 g/mol. The summed E-state index contributed by atoms with van der Waals surface area (Å²) in [6.45, 7) is 4.46. The van der Waals surface area contributed by atoms with Gasteiger partial charge >= 0.3 is 0 Å². The van der Waals surface area contributed by atoms with E-state index >= 15 is 0 Å². The molecule has 1 atom stereocenters. The summed E-state index contributed by atoms with van der Waals surface area (Å²) in [5.74, 6) is -0.458. The summed E-state index contributed by atoms with van der Waals surface area (Å²) in [5, 5.41) is 2.78. The molecule has 0 aromatic carbocycles. The van der Waals surface area contributed by atoms with Crippen molar-refractivity contribution in [2.45, 2.75) is 33.2 Å². The van der Waals surface area contributed by atoms with Gasteiger partial charge in [-0.3, -0.25) is 14.4 Å². The van der Waals surface area contributed by atoms with Crippen LogP contribution in [0.5, 0.6) is 0 Å². The van der Waals surface area contributed by atoms with Crippen LogP contribution in [0.1, 0.15) is 29.7 Å². The number of nitrogens with zero attached hydrogens (tertiary/aromatic N) is 1. The quantitative estimate of drug-likeness (QED) is 0.849.